The van der Waals surface area contributed by atoms with Gasteiger partial charge in [-0.25, -0.2) is 0 Å². The van der Waals surface area contributed by atoms with E-state index in [1.807, 2.05) is 6.08 Å². The van der Waals surface area contributed by atoms with Gasteiger partial charge in [0, 0.05) is 13.0 Å². The topological polar surface area (TPSA) is 52.6 Å². The molecule has 0 unspecified atom stereocenters. The lowest BCUT2D eigenvalue weighted by atomic mass is 10.0. The van der Waals surface area contributed by atoms with Crippen molar-refractivity contribution in [3.05, 3.63) is 12.2 Å². The summed E-state index contributed by atoms with van der Waals surface area (Å²) in [5, 5.41) is 14.2. The maximum Gasteiger partial charge on any atom is 0.220 e. The quantitative estimate of drug-likeness (QED) is 0.0624. The van der Waals surface area contributed by atoms with E-state index >= 15 is 0 Å². The number of amides is 1. The minimum Gasteiger partial charge on any atom is -0.387 e. The number of allylic oxidation sites excluding steroid dienone is 1. The van der Waals surface area contributed by atoms with Gasteiger partial charge in [-0.15, -0.1) is 0 Å². The number of rotatable bonds is 31. The second kappa shape index (κ2) is 30.2. The van der Waals surface area contributed by atoms with Crippen LogP contribution in [0.25, 0.3) is 0 Å². The standard InChI is InChI=1S/C38H74N2O2/c1-3-5-7-9-11-13-15-17-19-21-23-25-27-31-37(41)36(35-40-33-29-30-34-40)39-38(42)32-28-26-24-22-20-18-16-14-12-10-8-6-4-2/h27,31,36-37,41H,3-26,28-30,32-35H2,1-2H3,(H,39,42)/b31-27+/t36-,37-/m1/s1. The predicted octanol–water partition coefficient (Wildman–Crippen LogP) is 10.7. The van der Waals surface area contributed by atoms with E-state index in [2.05, 4.69) is 30.1 Å². The van der Waals surface area contributed by atoms with Crippen molar-refractivity contribution in [1.29, 1.82) is 0 Å². The number of likely N-dealkylation sites (tertiary alicyclic amines) is 1. The average Bonchev–Trinajstić information content (AvgIpc) is 3.50. The molecule has 0 bridgehead atoms. The Morgan fingerprint density at radius 2 is 1.05 bits per heavy atom. The first-order valence-corrected chi connectivity index (χ1v) is 19.0. The highest BCUT2D eigenvalue weighted by Gasteiger charge is 2.23. The van der Waals surface area contributed by atoms with Gasteiger partial charge in [0.2, 0.25) is 5.91 Å². The summed E-state index contributed by atoms with van der Waals surface area (Å²) >= 11 is 0. The Balaban J connectivity index is 2.14. The highest BCUT2D eigenvalue weighted by Crippen LogP contribution is 2.15. The number of nitrogens with one attached hydrogen (secondary N) is 1. The minimum absolute atomic E-state index is 0.111. The molecule has 4 nitrogen and oxygen atoms in total. The normalized spacial score (nSPS) is 15.5. The molecule has 1 saturated heterocycles. The summed E-state index contributed by atoms with van der Waals surface area (Å²) in [7, 11) is 0. The number of hydrogen-bond acceptors (Lipinski definition) is 3. The largest absolute Gasteiger partial charge is 0.387 e. The van der Waals surface area contributed by atoms with E-state index in [0.717, 1.165) is 38.9 Å². The number of aliphatic hydroxyl groups excluding tert-OH is 1. The van der Waals surface area contributed by atoms with Gasteiger partial charge in [0.15, 0.2) is 0 Å². The van der Waals surface area contributed by atoms with Crippen molar-refractivity contribution in [3.8, 4) is 0 Å². The Hall–Kier alpha value is -0.870. The second-order valence-corrected chi connectivity index (χ2v) is 13.4. The van der Waals surface area contributed by atoms with Crippen molar-refractivity contribution in [2.24, 2.45) is 0 Å². The zero-order valence-electron chi connectivity index (χ0n) is 28.5. The van der Waals surface area contributed by atoms with Crippen LogP contribution in [0, 0.1) is 0 Å². The molecule has 0 radical (unpaired) electrons. The van der Waals surface area contributed by atoms with Gasteiger partial charge in [0.1, 0.15) is 0 Å². The Kier molecular flexibility index (Phi) is 28.1. The SMILES string of the molecule is CCCCCCCCCCCCC/C=C/[C@@H](O)[C@@H](CN1CCCC1)NC(=O)CCCCCCCCCCCCCCC. The Labute approximate surface area is 263 Å². The minimum atomic E-state index is -0.603. The second-order valence-electron chi connectivity index (χ2n) is 13.4. The maximum atomic E-state index is 12.8. The van der Waals surface area contributed by atoms with Gasteiger partial charge in [-0.2, -0.15) is 0 Å². The summed E-state index contributed by atoms with van der Waals surface area (Å²) < 4.78 is 0. The van der Waals surface area contributed by atoms with Crippen LogP contribution in [-0.2, 0) is 4.79 Å². The molecule has 0 aliphatic carbocycles. The maximum absolute atomic E-state index is 12.8. The molecular formula is C38H74N2O2. The van der Waals surface area contributed by atoms with Crippen molar-refractivity contribution < 1.29 is 9.90 Å². The number of carbonyl (C=O) groups excluding carboxylic acids is 1. The van der Waals surface area contributed by atoms with Crippen molar-refractivity contribution in [2.45, 2.75) is 206 Å². The zero-order chi connectivity index (χ0) is 30.4. The molecule has 1 fully saturated rings. The lowest BCUT2D eigenvalue weighted by molar-refractivity contribution is -0.122. The van der Waals surface area contributed by atoms with E-state index in [1.54, 1.807) is 0 Å². The molecule has 248 valence electrons. The van der Waals surface area contributed by atoms with Crippen LogP contribution in [0.3, 0.4) is 0 Å². The molecule has 1 heterocycles. The summed E-state index contributed by atoms with van der Waals surface area (Å²) in [6.07, 6.45) is 39.6. The molecule has 4 heteroatoms. The van der Waals surface area contributed by atoms with Crippen LogP contribution in [0.15, 0.2) is 12.2 Å². The number of carbonyl (C=O) groups is 1. The first kappa shape index (κ1) is 39.2. The summed E-state index contributed by atoms with van der Waals surface area (Å²) in [5.41, 5.74) is 0. The van der Waals surface area contributed by atoms with Gasteiger partial charge in [-0.05, 0) is 45.2 Å². The zero-order valence-corrected chi connectivity index (χ0v) is 28.5. The average molecular weight is 591 g/mol. The number of hydrogen-bond donors (Lipinski definition) is 2. The lowest BCUT2D eigenvalue weighted by Crippen LogP contribution is -2.49. The fraction of sp³-hybridized carbons (Fsp3) is 0.921. The molecule has 2 atom stereocenters. The molecule has 1 rings (SSSR count). The highest BCUT2D eigenvalue weighted by atomic mass is 16.3. The predicted molar refractivity (Wildman–Crippen MR) is 184 cm³/mol. The van der Waals surface area contributed by atoms with Gasteiger partial charge in [-0.1, -0.05) is 167 Å². The van der Waals surface area contributed by atoms with Crippen molar-refractivity contribution >= 4 is 5.91 Å². The molecule has 0 aromatic heterocycles. The van der Waals surface area contributed by atoms with Crippen LogP contribution in [-0.4, -0.2) is 47.7 Å². The Morgan fingerprint density at radius 1 is 0.643 bits per heavy atom. The van der Waals surface area contributed by atoms with Crippen LogP contribution < -0.4 is 5.32 Å². The molecule has 42 heavy (non-hydrogen) atoms. The molecule has 2 N–H and O–H groups in total. The van der Waals surface area contributed by atoms with E-state index in [4.69, 9.17) is 0 Å². The fourth-order valence-corrected chi connectivity index (χ4v) is 6.36. The van der Waals surface area contributed by atoms with Crippen LogP contribution in [0.1, 0.15) is 194 Å². The summed E-state index contributed by atoms with van der Waals surface area (Å²) in [6.45, 7) is 7.49. The summed E-state index contributed by atoms with van der Waals surface area (Å²) in [6, 6.07) is -0.203. The fourth-order valence-electron chi connectivity index (χ4n) is 6.36. The number of nitrogens with zero attached hydrogens (tertiary/aromatic N) is 1. The number of unbranched alkanes of at least 4 members (excludes halogenated alkanes) is 23. The summed E-state index contributed by atoms with van der Waals surface area (Å²) in [4.78, 5) is 15.2. The van der Waals surface area contributed by atoms with Gasteiger partial charge < -0.3 is 15.3 Å². The van der Waals surface area contributed by atoms with Gasteiger partial charge in [0.05, 0.1) is 12.1 Å². The van der Waals surface area contributed by atoms with E-state index in [-0.39, 0.29) is 11.9 Å². The molecule has 0 aromatic carbocycles. The molecule has 0 aromatic rings. The Morgan fingerprint density at radius 3 is 1.50 bits per heavy atom. The van der Waals surface area contributed by atoms with Crippen LogP contribution in [0.5, 0.6) is 0 Å². The lowest BCUT2D eigenvalue weighted by Gasteiger charge is -2.27. The molecule has 0 spiro atoms. The smallest absolute Gasteiger partial charge is 0.220 e. The van der Waals surface area contributed by atoms with Crippen molar-refractivity contribution in [3.63, 3.8) is 0 Å². The summed E-state index contributed by atoms with van der Waals surface area (Å²) in [5.74, 6) is 0.111. The van der Waals surface area contributed by atoms with Crippen molar-refractivity contribution in [2.75, 3.05) is 19.6 Å². The monoisotopic (exact) mass is 591 g/mol. The van der Waals surface area contributed by atoms with E-state index in [9.17, 15) is 9.90 Å². The van der Waals surface area contributed by atoms with E-state index in [1.165, 1.54) is 154 Å². The van der Waals surface area contributed by atoms with Crippen molar-refractivity contribution in [1.82, 2.24) is 10.2 Å². The van der Waals surface area contributed by atoms with Gasteiger partial charge in [0.25, 0.3) is 0 Å². The van der Waals surface area contributed by atoms with E-state index < -0.39 is 6.10 Å². The Bertz CT molecular complexity index is 602. The third-order valence-electron chi connectivity index (χ3n) is 9.23. The third kappa shape index (κ3) is 24.6. The van der Waals surface area contributed by atoms with Crippen LogP contribution in [0.2, 0.25) is 0 Å². The molecular weight excluding hydrogens is 516 g/mol. The molecule has 1 amide bonds. The number of aliphatic hydroxyl groups is 1. The molecule has 1 aliphatic heterocycles. The van der Waals surface area contributed by atoms with Crippen LogP contribution in [0.4, 0.5) is 0 Å². The van der Waals surface area contributed by atoms with Gasteiger partial charge in [-0.3, -0.25) is 4.79 Å². The van der Waals surface area contributed by atoms with Crippen LogP contribution >= 0.6 is 0 Å². The first-order valence-electron chi connectivity index (χ1n) is 19.0. The molecule has 0 saturated carbocycles. The van der Waals surface area contributed by atoms with E-state index in [0.29, 0.717) is 6.42 Å². The third-order valence-corrected chi connectivity index (χ3v) is 9.23. The highest BCUT2D eigenvalue weighted by molar-refractivity contribution is 5.76. The first-order chi connectivity index (χ1) is 20.7. The van der Waals surface area contributed by atoms with Gasteiger partial charge >= 0.3 is 0 Å². The molecule has 1 aliphatic rings.